The molecule has 0 radical (unpaired) electrons. The molecule has 0 aliphatic carbocycles. The number of nitrogens with one attached hydrogen (secondary N) is 1. The summed E-state index contributed by atoms with van der Waals surface area (Å²) in [5.74, 6) is 0.332. The SMILES string of the molecule is CNCC1CCCN1C(=O)C1Cc2ccccc2S1. The van der Waals surface area contributed by atoms with Gasteiger partial charge in [0.15, 0.2) is 0 Å². The van der Waals surface area contributed by atoms with Gasteiger partial charge in [0, 0.05) is 24.0 Å². The third-order valence-corrected chi connectivity index (χ3v) is 5.33. The Morgan fingerprint density at radius 2 is 2.32 bits per heavy atom. The highest BCUT2D eigenvalue weighted by molar-refractivity contribution is 8.01. The minimum absolute atomic E-state index is 0.0925. The zero-order valence-corrected chi connectivity index (χ0v) is 12.1. The van der Waals surface area contributed by atoms with Gasteiger partial charge < -0.3 is 10.2 Å². The molecule has 3 rings (SSSR count). The molecule has 102 valence electrons. The van der Waals surface area contributed by atoms with Crippen molar-refractivity contribution in [3.05, 3.63) is 29.8 Å². The first kappa shape index (κ1) is 13.0. The van der Waals surface area contributed by atoms with E-state index in [1.165, 1.54) is 10.5 Å². The van der Waals surface area contributed by atoms with E-state index in [9.17, 15) is 4.79 Å². The van der Waals surface area contributed by atoms with Crippen molar-refractivity contribution in [3.63, 3.8) is 0 Å². The van der Waals surface area contributed by atoms with Crippen LogP contribution in [0.25, 0.3) is 0 Å². The Morgan fingerprint density at radius 1 is 1.47 bits per heavy atom. The molecule has 0 aromatic heterocycles. The van der Waals surface area contributed by atoms with Gasteiger partial charge in [0.1, 0.15) is 0 Å². The van der Waals surface area contributed by atoms with Crippen LogP contribution in [0.4, 0.5) is 0 Å². The van der Waals surface area contributed by atoms with Crippen LogP contribution in [0.3, 0.4) is 0 Å². The lowest BCUT2D eigenvalue weighted by atomic mass is 10.1. The number of hydrogen-bond donors (Lipinski definition) is 1. The fourth-order valence-electron chi connectivity index (χ4n) is 3.08. The topological polar surface area (TPSA) is 32.3 Å². The van der Waals surface area contributed by atoms with Gasteiger partial charge in [-0.15, -0.1) is 11.8 Å². The molecule has 2 atom stereocenters. The summed E-state index contributed by atoms with van der Waals surface area (Å²) < 4.78 is 0. The van der Waals surface area contributed by atoms with Gasteiger partial charge in [0.05, 0.1) is 5.25 Å². The van der Waals surface area contributed by atoms with Crippen LogP contribution in [0, 0.1) is 0 Å². The molecule has 1 N–H and O–H groups in total. The molecule has 19 heavy (non-hydrogen) atoms. The van der Waals surface area contributed by atoms with E-state index in [-0.39, 0.29) is 5.25 Å². The van der Waals surface area contributed by atoms with E-state index in [0.29, 0.717) is 11.9 Å². The third kappa shape index (κ3) is 2.51. The van der Waals surface area contributed by atoms with Crippen molar-refractivity contribution in [2.45, 2.75) is 35.4 Å². The minimum Gasteiger partial charge on any atom is -0.337 e. The van der Waals surface area contributed by atoms with Crippen molar-refractivity contribution in [1.82, 2.24) is 10.2 Å². The summed E-state index contributed by atoms with van der Waals surface area (Å²) in [6.45, 7) is 1.84. The lowest BCUT2D eigenvalue weighted by molar-refractivity contribution is -0.131. The van der Waals surface area contributed by atoms with Crippen molar-refractivity contribution >= 4 is 17.7 Å². The largest absolute Gasteiger partial charge is 0.337 e. The maximum atomic E-state index is 12.7. The summed E-state index contributed by atoms with van der Waals surface area (Å²) >= 11 is 1.74. The maximum Gasteiger partial charge on any atom is 0.236 e. The zero-order valence-electron chi connectivity index (χ0n) is 11.3. The molecule has 0 bridgehead atoms. The summed E-state index contributed by atoms with van der Waals surface area (Å²) in [5.41, 5.74) is 1.33. The summed E-state index contributed by atoms with van der Waals surface area (Å²) in [6.07, 6.45) is 3.17. The number of benzene rings is 1. The van der Waals surface area contributed by atoms with Gasteiger partial charge in [0.25, 0.3) is 0 Å². The second kappa shape index (κ2) is 5.55. The van der Waals surface area contributed by atoms with Crippen molar-refractivity contribution in [2.24, 2.45) is 0 Å². The number of fused-ring (bicyclic) bond motifs is 1. The average Bonchev–Trinajstić information content (AvgIpc) is 3.04. The van der Waals surface area contributed by atoms with Crippen LogP contribution in [0.1, 0.15) is 18.4 Å². The summed E-state index contributed by atoms with van der Waals surface area (Å²) in [7, 11) is 1.96. The van der Waals surface area contributed by atoms with Crippen LogP contribution in [-0.2, 0) is 11.2 Å². The van der Waals surface area contributed by atoms with Gasteiger partial charge in [-0.1, -0.05) is 18.2 Å². The first-order valence-corrected chi connectivity index (χ1v) is 7.87. The number of hydrogen-bond acceptors (Lipinski definition) is 3. The van der Waals surface area contributed by atoms with E-state index in [1.807, 2.05) is 7.05 Å². The first-order valence-electron chi connectivity index (χ1n) is 6.99. The highest BCUT2D eigenvalue weighted by Gasteiger charge is 2.36. The normalized spacial score (nSPS) is 25.6. The van der Waals surface area contributed by atoms with E-state index in [1.54, 1.807) is 11.8 Å². The van der Waals surface area contributed by atoms with E-state index in [0.717, 1.165) is 32.4 Å². The van der Waals surface area contributed by atoms with Crippen LogP contribution in [0.5, 0.6) is 0 Å². The Labute approximate surface area is 118 Å². The van der Waals surface area contributed by atoms with E-state index >= 15 is 0 Å². The molecular weight excluding hydrogens is 256 g/mol. The standard InChI is InChI=1S/C15H20N2OS/c1-16-10-12-6-4-8-17(12)15(18)14-9-11-5-2-3-7-13(11)19-14/h2-3,5,7,12,14,16H,4,6,8-10H2,1H3. The van der Waals surface area contributed by atoms with Crippen LogP contribution in [-0.4, -0.2) is 42.2 Å². The van der Waals surface area contributed by atoms with E-state index in [2.05, 4.69) is 34.5 Å². The monoisotopic (exact) mass is 276 g/mol. The molecule has 2 aliphatic heterocycles. The van der Waals surface area contributed by atoms with Crippen LogP contribution in [0.2, 0.25) is 0 Å². The zero-order chi connectivity index (χ0) is 13.2. The highest BCUT2D eigenvalue weighted by Crippen LogP contribution is 2.38. The number of thioether (sulfide) groups is 1. The lowest BCUT2D eigenvalue weighted by Gasteiger charge is -2.26. The predicted molar refractivity (Wildman–Crippen MR) is 78.5 cm³/mol. The van der Waals surface area contributed by atoms with E-state index in [4.69, 9.17) is 0 Å². The molecule has 0 saturated carbocycles. The maximum absolute atomic E-state index is 12.7. The molecular formula is C15H20N2OS. The lowest BCUT2D eigenvalue weighted by Crippen LogP contribution is -2.44. The number of carbonyl (C=O) groups is 1. The second-order valence-electron chi connectivity index (χ2n) is 5.30. The first-order chi connectivity index (χ1) is 9.29. The van der Waals surface area contributed by atoms with Crippen LogP contribution < -0.4 is 5.32 Å². The molecule has 1 saturated heterocycles. The number of rotatable bonds is 3. The Morgan fingerprint density at radius 3 is 3.11 bits per heavy atom. The Balaban J connectivity index is 1.69. The molecule has 1 amide bonds. The van der Waals surface area contributed by atoms with Gasteiger partial charge in [-0.05, 0) is 37.9 Å². The number of likely N-dealkylation sites (N-methyl/N-ethyl adjacent to an activating group) is 1. The molecule has 1 aromatic carbocycles. The Kier molecular flexibility index (Phi) is 3.80. The molecule has 2 heterocycles. The van der Waals surface area contributed by atoms with Crippen LogP contribution >= 0.6 is 11.8 Å². The van der Waals surface area contributed by atoms with Crippen molar-refractivity contribution in [1.29, 1.82) is 0 Å². The highest BCUT2D eigenvalue weighted by atomic mass is 32.2. The molecule has 4 heteroatoms. The fraction of sp³-hybridized carbons (Fsp3) is 0.533. The molecule has 1 fully saturated rings. The summed E-state index contributed by atoms with van der Waals surface area (Å²) in [5, 5.41) is 3.29. The van der Waals surface area contributed by atoms with E-state index < -0.39 is 0 Å². The third-order valence-electron chi connectivity index (χ3n) is 4.02. The van der Waals surface area contributed by atoms with Crippen molar-refractivity contribution in [3.8, 4) is 0 Å². The molecule has 1 aromatic rings. The van der Waals surface area contributed by atoms with Crippen molar-refractivity contribution in [2.75, 3.05) is 20.1 Å². The van der Waals surface area contributed by atoms with Gasteiger partial charge in [-0.25, -0.2) is 0 Å². The smallest absolute Gasteiger partial charge is 0.236 e. The quantitative estimate of drug-likeness (QED) is 0.915. The number of amides is 1. The van der Waals surface area contributed by atoms with Crippen molar-refractivity contribution < 1.29 is 4.79 Å². The minimum atomic E-state index is 0.0925. The molecule has 2 aliphatic rings. The fourth-order valence-corrected chi connectivity index (χ4v) is 4.34. The Bertz CT molecular complexity index is 452. The van der Waals surface area contributed by atoms with Crippen LogP contribution in [0.15, 0.2) is 29.2 Å². The number of carbonyl (C=O) groups excluding carboxylic acids is 1. The van der Waals surface area contributed by atoms with Gasteiger partial charge >= 0.3 is 0 Å². The molecule has 0 spiro atoms. The van der Waals surface area contributed by atoms with Gasteiger partial charge in [-0.3, -0.25) is 4.79 Å². The Hall–Kier alpha value is -1.00. The summed E-state index contributed by atoms with van der Waals surface area (Å²) in [6, 6.07) is 8.78. The summed E-state index contributed by atoms with van der Waals surface area (Å²) in [4.78, 5) is 16.1. The number of likely N-dealkylation sites (tertiary alicyclic amines) is 1. The van der Waals surface area contributed by atoms with Gasteiger partial charge in [0.2, 0.25) is 5.91 Å². The number of nitrogens with zero attached hydrogens (tertiary/aromatic N) is 1. The second-order valence-corrected chi connectivity index (χ2v) is 6.55. The molecule has 3 nitrogen and oxygen atoms in total. The average molecular weight is 276 g/mol. The predicted octanol–water partition coefficient (Wildman–Crippen LogP) is 1.91. The molecule has 2 unspecified atom stereocenters. The van der Waals surface area contributed by atoms with Gasteiger partial charge in [-0.2, -0.15) is 0 Å².